The van der Waals surface area contributed by atoms with Gasteiger partial charge in [0.05, 0.1) is 12.1 Å². The molecule has 0 aliphatic carbocycles. The summed E-state index contributed by atoms with van der Waals surface area (Å²) in [6.45, 7) is 6.26. The number of amides is 1. The van der Waals surface area contributed by atoms with E-state index in [9.17, 15) is 28.0 Å². The maximum atomic E-state index is 13.5. The number of carbonyl (C=O) groups excluding carboxylic acids is 3. The molecule has 4 aromatic carbocycles. The summed E-state index contributed by atoms with van der Waals surface area (Å²) in [6, 6.07) is 34.4. The van der Waals surface area contributed by atoms with Gasteiger partial charge in [0.15, 0.2) is 11.6 Å². The third kappa shape index (κ3) is 14.7. The first-order valence-electron chi connectivity index (χ1n) is 24.8. The summed E-state index contributed by atoms with van der Waals surface area (Å²) >= 11 is 3.44. The Hall–Kier alpha value is -7.72. The molecule has 2 atom stereocenters. The summed E-state index contributed by atoms with van der Waals surface area (Å²) in [6.07, 6.45) is 11.9. The predicted molar refractivity (Wildman–Crippen MR) is 301 cm³/mol. The highest BCUT2D eigenvalue weighted by Crippen LogP contribution is 2.36. The molecule has 6 heterocycles. The van der Waals surface area contributed by atoms with Crippen LogP contribution in [0.4, 0.5) is 20.4 Å². The molecule has 11 nitrogen and oxygen atoms in total. The van der Waals surface area contributed by atoms with E-state index in [0.717, 1.165) is 61.1 Å². The number of carboxylic acids is 1. The number of carbonyl (C=O) groups is 4. The summed E-state index contributed by atoms with van der Waals surface area (Å²) in [7, 11) is 0. The second-order valence-electron chi connectivity index (χ2n) is 18.7. The Morgan fingerprint density at radius 1 is 0.653 bits per heavy atom. The quantitative estimate of drug-likeness (QED) is 0.0765. The SMILES string of the molecule is Cc1cc(-c2ccc(C(=O)N3CC[C@H](F)C3)cc2)cc2cc(CCC(=O)/C=C/c3ccc(N)nc3)sc12.Cc1cc(-c2ccc(C(=O)O)cc2)cc2cc(CCC(=O)/C=C/c3ccc(N)nc3)sc12.F[C@H]1CCNC1. The molecule has 0 saturated carbocycles. The lowest BCUT2D eigenvalue weighted by molar-refractivity contribution is -0.115. The Kier molecular flexibility index (Phi) is 17.9. The van der Waals surface area contributed by atoms with Crippen molar-refractivity contribution in [1.29, 1.82) is 0 Å². The van der Waals surface area contributed by atoms with Gasteiger partial charge in [-0.3, -0.25) is 14.4 Å². The first-order chi connectivity index (χ1) is 36.1. The van der Waals surface area contributed by atoms with E-state index >= 15 is 0 Å². The highest BCUT2D eigenvalue weighted by molar-refractivity contribution is 7.19. The number of nitrogens with two attached hydrogens (primary N) is 2. The van der Waals surface area contributed by atoms with Crippen molar-refractivity contribution in [2.24, 2.45) is 0 Å². The van der Waals surface area contributed by atoms with Crippen LogP contribution in [0.25, 0.3) is 54.6 Å². The van der Waals surface area contributed by atoms with E-state index in [1.165, 1.54) is 19.8 Å². The summed E-state index contributed by atoms with van der Waals surface area (Å²) in [5.74, 6) is -0.00856. The van der Waals surface area contributed by atoms with E-state index in [1.54, 1.807) is 88.5 Å². The van der Waals surface area contributed by atoms with Gasteiger partial charge >= 0.3 is 5.97 Å². The number of aryl methyl sites for hydroxylation is 4. The Balaban J connectivity index is 0.000000180. The number of alkyl halides is 2. The molecular weight excluding hydrogens is 987 g/mol. The number of pyridine rings is 2. The number of carboxylic acid groups (broad SMARTS) is 1. The Morgan fingerprint density at radius 3 is 1.53 bits per heavy atom. The molecule has 2 fully saturated rings. The highest BCUT2D eigenvalue weighted by atomic mass is 32.1. The zero-order valence-electron chi connectivity index (χ0n) is 41.7. The molecule has 2 aliphatic rings. The van der Waals surface area contributed by atoms with Crippen LogP contribution in [0.5, 0.6) is 0 Å². The van der Waals surface area contributed by atoms with Gasteiger partial charge < -0.3 is 26.8 Å². The third-order valence-electron chi connectivity index (χ3n) is 12.8. The molecule has 4 aromatic heterocycles. The number of ketones is 2. The molecule has 6 N–H and O–H groups in total. The third-order valence-corrected chi connectivity index (χ3v) is 15.5. The van der Waals surface area contributed by atoms with Crippen molar-refractivity contribution >= 4 is 90.1 Å². The number of aromatic nitrogens is 2. The number of aromatic carboxylic acids is 1. The number of allylic oxidation sites excluding steroid dienone is 2. The van der Waals surface area contributed by atoms with Crippen molar-refractivity contribution in [2.45, 2.75) is 64.7 Å². The smallest absolute Gasteiger partial charge is 0.335 e. The molecular formula is C60H58F2N6O5S2. The Bertz CT molecular complexity index is 3370. The second kappa shape index (κ2) is 25.0. The van der Waals surface area contributed by atoms with Crippen LogP contribution in [-0.4, -0.2) is 81.9 Å². The number of thiophene rings is 2. The molecule has 0 radical (unpaired) electrons. The van der Waals surface area contributed by atoms with Crippen LogP contribution < -0.4 is 16.8 Å². The minimum atomic E-state index is -0.930. The fourth-order valence-corrected chi connectivity index (χ4v) is 10.9. The van der Waals surface area contributed by atoms with Crippen molar-refractivity contribution in [3.8, 4) is 22.3 Å². The number of nitrogen functional groups attached to an aromatic ring is 2. The second-order valence-corrected chi connectivity index (χ2v) is 20.9. The van der Waals surface area contributed by atoms with Gasteiger partial charge in [-0.1, -0.05) is 24.3 Å². The van der Waals surface area contributed by atoms with Crippen molar-refractivity contribution in [3.05, 3.63) is 177 Å². The van der Waals surface area contributed by atoms with Crippen LogP contribution in [-0.2, 0) is 22.4 Å². The number of halogens is 2. The number of anilines is 2. The van der Waals surface area contributed by atoms with E-state index in [0.29, 0.717) is 68.8 Å². The topological polar surface area (TPSA) is 182 Å². The van der Waals surface area contributed by atoms with Gasteiger partial charge in [0, 0.05) is 63.0 Å². The number of nitrogens with zero attached hydrogens (tertiary/aromatic N) is 3. The number of benzene rings is 4. The van der Waals surface area contributed by atoms with Crippen LogP contribution in [0.2, 0.25) is 0 Å². The van der Waals surface area contributed by atoms with Gasteiger partial charge in [0.1, 0.15) is 24.0 Å². The van der Waals surface area contributed by atoms with Crippen molar-refractivity contribution < 1.29 is 33.1 Å². The van der Waals surface area contributed by atoms with Gasteiger partial charge in [0.25, 0.3) is 5.91 Å². The van der Waals surface area contributed by atoms with Crippen LogP contribution >= 0.6 is 22.7 Å². The van der Waals surface area contributed by atoms with E-state index in [2.05, 4.69) is 65.5 Å². The Labute approximate surface area is 442 Å². The van der Waals surface area contributed by atoms with Crippen molar-refractivity contribution in [1.82, 2.24) is 20.2 Å². The number of rotatable bonds is 14. The Morgan fingerprint density at radius 2 is 1.15 bits per heavy atom. The summed E-state index contributed by atoms with van der Waals surface area (Å²) < 4.78 is 27.8. The van der Waals surface area contributed by atoms with Crippen LogP contribution in [0.3, 0.4) is 0 Å². The minimum absolute atomic E-state index is 0.0650. The van der Waals surface area contributed by atoms with Gasteiger partial charge in [-0.05, 0) is 211 Å². The highest BCUT2D eigenvalue weighted by Gasteiger charge is 2.26. The van der Waals surface area contributed by atoms with Gasteiger partial charge in [-0.15, -0.1) is 22.7 Å². The number of hydrogen-bond acceptors (Lipinski definition) is 11. The average Bonchev–Trinajstić information content (AvgIpc) is 4.26. The van der Waals surface area contributed by atoms with E-state index < -0.39 is 18.3 Å². The number of likely N-dealkylation sites (tertiary alicyclic amines) is 1. The summed E-state index contributed by atoms with van der Waals surface area (Å²) in [5, 5.41) is 14.3. The molecule has 75 heavy (non-hydrogen) atoms. The molecule has 0 spiro atoms. The number of fused-ring (bicyclic) bond motifs is 2. The fourth-order valence-electron chi connectivity index (χ4n) is 8.73. The minimum Gasteiger partial charge on any atom is -0.478 e. The molecule has 384 valence electrons. The molecule has 8 aromatic rings. The monoisotopic (exact) mass is 1040 g/mol. The molecule has 2 saturated heterocycles. The zero-order valence-corrected chi connectivity index (χ0v) is 43.4. The lowest BCUT2D eigenvalue weighted by Crippen LogP contribution is -2.28. The van der Waals surface area contributed by atoms with E-state index in [1.807, 2.05) is 48.5 Å². The lowest BCUT2D eigenvalue weighted by Gasteiger charge is -2.15. The fraction of sp³-hybridized carbons (Fsp3) is 0.233. The first-order valence-corrected chi connectivity index (χ1v) is 26.4. The van der Waals surface area contributed by atoms with Crippen molar-refractivity contribution in [2.75, 3.05) is 37.6 Å². The molecule has 0 unspecified atom stereocenters. The standard InChI is InChI=1S/C30H28FN3O2S.C26H22N2O3S.C4H8FN/c1-19-14-23(21-4-6-22(7-5-21)30(36)34-13-12-25(31)18-34)15-24-16-27(37-29(19)24)10-9-26(35)8-2-20-3-11-28(32)33-17-20;1-16-12-20(18-4-6-19(7-5-18)26(30)31)13-21-14-23(32-25(16)21)10-9-22(29)8-2-17-3-11-24(27)28-15-17;5-4-1-2-6-3-4/h2-8,11,14-17,25H,9-10,12-13,18H2,1H3,(H2,32,33);2-8,11-15H,9-10H2,1H3,(H2,27,28)(H,30,31);4,6H,1-3H2/b2*8-2+;/t25-;;4-/m0.0/s1. The van der Waals surface area contributed by atoms with Crippen molar-refractivity contribution in [3.63, 3.8) is 0 Å². The van der Waals surface area contributed by atoms with Gasteiger partial charge in [-0.2, -0.15) is 0 Å². The lowest BCUT2D eigenvalue weighted by atomic mass is 10.00. The molecule has 0 bridgehead atoms. The largest absolute Gasteiger partial charge is 0.478 e. The summed E-state index contributed by atoms with van der Waals surface area (Å²) in [4.78, 5) is 60.3. The van der Waals surface area contributed by atoms with E-state index in [-0.39, 0.29) is 29.6 Å². The van der Waals surface area contributed by atoms with Crippen LogP contribution in [0, 0.1) is 13.8 Å². The molecule has 15 heteroatoms. The van der Waals surface area contributed by atoms with Crippen LogP contribution in [0.15, 0.2) is 134 Å². The molecule has 2 aliphatic heterocycles. The zero-order chi connectivity index (χ0) is 53.0. The number of hydrogen-bond donors (Lipinski definition) is 4. The molecule has 1 amide bonds. The van der Waals surface area contributed by atoms with Gasteiger partial charge in [-0.25, -0.2) is 23.5 Å². The number of nitrogens with one attached hydrogen (secondary N) is 1. The molecule has 10 rings (SSSR count). The van der Waals surface area contributed by atoms with Crippen LogP contribution in [0.1, 0.15) is 78.4 Å². The average molecular weight is 1050 g/mol. The normalized spacial score (nSPS) is 15.3. The van der Waals surface area contributed by atoms with Gasteiger partial charge in [0.2, 0.25) is 0 Å². The first kappa shape index (κ1) is 53.6. The van der Waals surface area contributed by atoms with E-state index in [4.69, 9.17) is 16.6 Å². The maximum Gasteiger partial charge on any atom is 0.335 e. The maximum absolute atomic E-state index is 13.5. The predicted octanol–water partition coefficient (Wildman–Crippen LogP) is 12.3. The summed E-state index contributed by atoms with van der Waals surface area (Å²) in [5.41, 5.74) is 20.2.